The Morgan fingerprint density at radius 1 is 1.25 bits per heavy atom. The Bertz CT molecular complexity index is 346. The Morgan fingerprint density at radius 2 is 1.75 bits per heavy atom. The van der Waals surface area contributed by atoms with Gasteiger partial charge in [0.1, 0.15) is 5.49 Å². The molecule has 0 aliphatic heterocycles. The lowest BCUT2D eigenvalue weighted by atomic mass is 10.1. The van der Waals surface area contributed by atoms with E-state index in [0.29, 0.717) is 0 Å². The second kappa shape index (κ2) is 6.09. The summed E-state index contributed by atoms with van der Waals surface area (Å²) in [4.78, 5) is 37.8. The van der Waals surface area contributed by atoms with Gasteiger partial charge in [0.05, 0.1) is 12.3 Å². The second-order valence-electron chi connectivity index (χ2n) is 3.03. The highest BCUT2D eigenvalue weighted by Gasteiger charge is 2.26. The van der Waals surface area contributed by atoms with E-state index in [1.54, 1.807) is 0 Å². The average molecular weight is 274 g/mol. The fraction of sp³-hybridized carbons (Fsp3) is 0.667. The molecule has 10 heteroatoms. The summed E-state index contributed by atoms with van der Waals surface area (Å²) in [5.74, 6) is -4.83. The van der Waals surface area contributed by atoms with E-state index in [2.05, 4.69) is 0 Å². The molecule has 0 radical (unpaired) electrons. The summed E-state index contributed by atoms with van der Waals surface area (Å²) in [5, 5.41) is 16.9. The number of carboxylic acids is 2. The molecule has 2 atom stereocenters. The lowest BCUT2D eigenvalue weighted by Gasteiger charge is -2.09. The molecule has 0 rings (SSSR count). The SMILES string of the molecule is O=C(O)C[C@H](C[S@@](=O)CP(=O)(O)O)C(=O)O. The predicted molar refractivity (Wildman–Crippen MR) is 53.3 cm³/mol. The third kappa shape index (κ3) is 7.52. The van der Waals surface area contributed by atoms with Crippen molar-refractivity contribution in [2.24, 2.45) is 5.92 Å². The van der Waals surface area contributed by atoms with Crippen molar-refractivity contribution in [3.8, 4) is 0 Å². The lowest BCUT2D eigenvalue weighted by Crippen LogP contribution is -2.24. The van der Waals surface area contributed by atoms with Crippen LogP contribution in [0.5, 0.6) is 0 Å². The summed E-state index contributed by atoms with van der Waals surface area (Å²) in [6.07, 6.45) is -0.734. The summed E-state index contributed by atoms with van der Waals surface area (Å²) in [6.45, 7) is 0. The van der Waals surface area contributed by atoms with Crippen LogP contribution < -0.4 is 0 Å². The van der Waals surface area contributed by atoms with Gasteiger partial charge >= 0.3 is 19.5 Å². The van der Waals surface area contributed by atoms with Crippen LogP contribution in [0.1, 0.15) is 6.42 Å². The Labute approximate surface area is 92.9 Å². The highest BCUT2D eigenvalue weighted by Crippen LogP contribution is 2.35. The van der Waals surface area contributed by atoms with Gasteiger partial charge in [0.2, 0.25) is 0 Å². The average Bonchev–Trinajstić information content (AvgIpc) is 1.97. The summed E-state index contributed by atoms with van der Waals surface area (Å²) in [5.41, 5.74) is -0.962. The quantitative estimate of drug-likeness (QED) is 0.434. The van der Waals surface area contributed by atoms with Crippen LogP contribution in [0.3, 0.4) is 0 Å². The van der Waals surface area contributed by atoms with E-state index in [0.717, 1.165) is 0 Å². The minimum absolute atomic E-state index is 0.591. The van der Waals surface area contributed by atoms with Crippen LogP contribution in [0.25, 0.3) is 0 Å². The molecular weight excluding hydrogens is 263 g/mol. The van der Waals surface area contributed by atoms with E-state index < -0.39 is 53.9 Å². The first kappa shape index (κ1) is 15.2. The first-order valence-corrected chi connectivity index (χ1v) is 7.24. The van der Waals surface area contributed by atoms with Gasteiger partial charge in [-0.15, -0.1) is 0 Å². The Balaban J connectivity index is 4.41. The first-order chi connectivity index (χ1) is 7.11. The maximum Gasteiger partial charge on any atom is 0.337 e. The molecule has 0 saturated carbocycles. The lowest BCUT2D eigenvalue weighted by molar-refractivity contribution is -0.147. The van der Waals surface area contributed by atoms with Gasteiger partial charge in [0.25, 0.3) is 0 Å². The Hall–Kier alpha value is -0.760. The largest absolute Gasteiger partial charge is 0.481 e. The number of rotatable bonds is 7. The van der Waals surface area contributed by atoms with Gasteiger partial charge < -0.3 is 20.0 Å². The standard InChI is InChI=1S/C6H11O8PS/c7-5(8)1-4(6(9)10)2-16(14)3-15(11,12)13/h4H,1-3H2,(H,7,8)(H,9,10)(H2,11,12,13)/t4-,16-/m1/s1. The van der Waals surface area contributed by atoms with E-state index in [4.69, 9.17) is 20.0 Å². The molecule has 0 aliphatic rings. The summed E-state index contributed by atoms with van der Waals surface area (Å²) in [7, 11) is -6.55. The number of carboxylic acid groups (broad SMARTS) is 2. The van der Waals surface area contributed by atoms with Crippen molar-refractivity contribution in [1.29, 1.82) is 0 Å². The fourth-order valence-corrected chi connectivity index (χ4v) is 3.52. The molecule has 8 nitrogen and oxygen atoms in total. The molecule has 0 saturated heterocycles. The molecule has 16 heavy (non-hydrogen) atoms. The van der Waals surface area contributed by atoms with E-state index >= 15 is 0 Å². The Kier molecular flexibility index (Phi) is 5.80. The van der Waals surface area contributed by atoms with Gasteiger partial charge in [-0.1, -0.05) is 0 Å². The zero-order chi connectivity index (χ0) is 12.9. The molecule has 0 aromatic heterocycles. The maximum absolute atomic E-state index is 11.1. The van der Waals surface area contributed by atoms with Crippen molar-refractivity contribution < 1.29 is 38.4 Å². The number of hydrogen-bond donors (Lipinski definition) is 4. The monoisotopic (exact) mass is 274 g/mol. The minimum Gasteiger partial charge on any atom is -0.481 e. The van der Waals surface area contributed by atoms with Crippen molar-refractivity contribution in [3.63, 3.8) is 0 Å². The predicted octanol–water partition coefficient (Wildman–Crippen LogP) is -0.954. The maximum atomic E-state index is 11.1. The number of carbonyl (C=O) groups is 2. The third-order valence-electron chi connectivity index (χ3n) is 1.47. The molecule has 0 amide bonds. The molecule has 0 bridgehead atoms. The van der Waals surface area contributed by atoms with Gasteiger partial charge in [-0.3, -0.25) is 18.4 Å². The van der Waals surface area contributed by atoms with Crippen LogP contribution in [-0.4, -0.2) is 47.4 Å². The summed E-state index contributed by atoms with van der Waals surface area (Å²) < 4.78 is 21.6. The van der Waals surface area contributed by atoms with Crippen LogP contribution in [0.4, 0.5) is 0 Å². The normalized spacial score (nSPS) is 15.4. The molecule has 94 valence electrons. The zero-order valence-corrected chi connectivity index (χ0v) is 9.69. The second-order valence-corrected chi connectivity index (χ2v) is 6.61. The van der Waals surface area contributed by atoms with Gasteiger partial charge in [0, 0.05) is 16.6 Å². The molecule has 4 N–H and O–H groups in total. The van der Waals surface area contributed by atoms with E-state index in [1.807, 2.05) is 0 Å². The highest BCUT2D eigenvalue weighted by atomic mass is 32.2. The summed E-state index contributed by atoms with van der Waals surface area (Å²) >= 11 is 0. The van der Waals surface area contributed by atoms with Crippen LogP contribution in [-0.2, 0) is 25.0 Å². The topological polar surface area (TPSA) is 149 Å². The van der Waals surface area contributed by atoms with Crippen LogP contribution in [0.15, 0.2) is 0 Å². The van der Waals surface area contributed by atoms with Crippen molar-refractivity contribution in [3.05, 3.63) is 0 Å². The Morgan fingerprint density at radius 3 is 2.06 bits per heavy atom. The van der Waals surface area contributed by atoms with Crippen LogP contribution >= 0.6 is 7.60 Å². The van der Waals surface area contributed by atoms with Gasteiger partial charge in [-0.25, -0.2) is 0 Å². The van der Waals surface area contributed by atoms with Crippen molar-refractivity contribution in [1.82, 2.24) is 0 Å². The van der Waals surface area contributed by atoms with Gasteiger partial charge in [-0.05, 0) is 0 Å². The van der Waals surface area contributed by atoms with Crippen LogP contribution in [0, 0.1) is 5.92 Å². The van der Waals surface area contributed by atoms with E-state index in [1.165, 1.54) is 0 Å². The molecule has 0 heterocycles. The third-order valence-corrected chi connectivity index (χ3v) is 4.74. The van der Waals surface area contributed by atoms with Gasteiger partial charge in [-0.2, -0.15) is 0 Å². The zero-order valence-electron chi connectivity index (χ0n) is 7.98. The molecule has 0 unspecified atom stereocenters. The smallest absolute Gasteiger partial charge is 0.337 e. The van der Waals surface area contributed by atoms with Crippen molar-refractivity contribution >= 4 is 30.3 Å². The van der Waals surface area contributed by atoms with Crippen LogP contribution in [0.2, 0.25) is 0 Å². The number of hydrogen-bond acceptors (Lipinski definition) is 4. The van der Waals surface area contributed by atoms with Gasteiger partial charge in [0.15, 0.2) is 0 Å². The first-order valence-electron chi connectivity index (χ1n) is 3.96. The molecule has 0 aliphatic carbocycles. The number of aliphatic carboxylic acids is 2. The fourth-order valence-electron chi connectivity index (χ4n) is 0.893. The molecule has 0 fully saturated rings. The van der Waals surface area contributed by atoms with Crippen molar-refractivity contribution in [2.45, 2.75) is 6.42 Å². The van der Waals surface area contributed by atoms with E-state index in [9.17, 15) is 18.4 Å². The minimum atomic E-state index is -4.48. The molecular formula is C6H11O8PS. The highest BCUT2D eigenvalue weighted by molar-refractivity contribution is 7.92. The summed E-state index contributed by atoms with van der Waals surface area (Å²) in [6, 6.07) is 0. The molecule has 0 aromatic carbocycles. The van der Waals surface area contributed by atoms with E-state index in [-0.39, 0.29) is 0 Å². The molecule has 0 aromatic rings. The molecule has 0 spiro atoms. The van der Waals surface area contributed by atoms with Crippen molar-refractivity contribution in [2.75, 3.05) is 11.2 Å².